The molecule has 114 valence electrons. The summed E-state index contributed by atoms with van der Waals surface area (Å²) in [4.78, 5) is 14.6. The zero-order chi connectivity index (χ0) is 14.5. The number of rotatable bonds is 4. The second kappa shape index (κ2) is 7.05. The number of nitrogens with one attached hydrogen (secondary N) is 2. The summed E-state index contributed by atoms with van der Waals surface area (Å²) in [6.45, 7) is 4.13. The van der Waals surface area contributed by atoms with Crippen LogP contribution >= 0.6 is 0 Å². The van der Waals surface area contributed by atoms with Crippen molar-refractivity contribution in [3.05, 3.63) is 35.9 Å². The van der Waals surface area contributed by atoms with Crippen LogP contribution in [0.15, 0.2) is 30.3 Å². The van der Waals surface area contributed by atoms with Crippen molar-refractivity contribution in [3.8, 4) is 0 Å². The fraction of sp³-hybridized carbons (Fsp3) is 0.588. The van der Waals surface area contributed by atoms with Gasteiger partial charge in [0.15, 0.2) is 0 Å². The van der Waals surface area contributed by atoms with Crippen LogP contribution in [0.5, 0.6) is 0 Å². The van der Waals surface area contributed by atoms with Gasteiger partial charge in [-0.05, 0) is 37.8 Å². The highest BCUT2D eigenvalue weighted by molar-refractivity contribution is 5.82. The number of benzene rings is 1. The maximum Gasteiger partial charge on any atom is 0.237 e. The quantitative estimate of drug-likeness (QED) is 0.882. The fourth-order valence-corrected chi connectivity index (χ4v) is 3.29. The molecule has 0 unspecified atom stereocenters. The molecule has 0 aliphatic carbocycles. The minimum absolute atomic E-state index is 0.0485. The van der Waals surface area contributed by atoms with Gasteiger partial charge in [0.05, 0.1) is 6.04 Å². The van der Waals surface area contributed by atoms with Gasteiger partial charge >= 0.3 is 0 Å². The molecule has 1 amide bonds. The molecule has 2 fully saturated rings. The monoisotopic (exact) mass is 287 g/mol. The van der Waals surface area contributed by atoms with E-state index in [-0.39, 0.29) is 11.9 Å². The highest BCUT2D eigenvalue weighted by Gasteiger charge is 2.26. The van der Waals surface area contributed by atoms with Crippen LogP contribution in [0.4, 0.5) is 0 Å². The van der Waals surface area contributed by atoms with E-state index >= 15 is 0 Å². The highest BCUT2D eigenvalue weighted by atomic mass is 16.2. The maximum atomic E-state index is 12.1. The third kappa shape index (κ3) is 4.05. The Morgan fingerprint density at radius 3 is 2.62 bits per heavy atom. The second-order valence-corrected chi connectivity index (χ2v) is 6.19. The molecule has 1 aromatic carbocycles. The van der Waals surface area contributed by atoms with Crippen molar-refractivity contribution >= 4 is 5.91 Å². The van der Waals surface area contributed by atoms with Gasteiger partial charge in [0.25, 0.3) is 0 Å². The number of carbonyl (C=O) groups excluding carboxylic acids is 1. The molecule has 21 heavy (non-hydrogen) atoms. The van der Waals surface area contributed by atoms with Gasteiger partial charge in [-0.25, -0.2) is 0 Å². The lowest BCUT2D eigenvalue weighted by Crippen LogP contribution is -2.49. The lowest BCUT2D eigenvalue weighted by atomic mass is 10.0. The van der Waals surface area contributed by atoms with Crippen LogP contribution in [-0.4, -0.2) is 42.5 Å². The van der Waals surface area contributed by atoms with Gasteiger partial charge in [-0.1, -0.05) is 30.3 Å². The van der Waals surface area contributed by atoms with Crippen molar-refractivity contribution in [2.45, 2.75) is 44.3 Å². The van der Waals surface area contributed by atoms with E-state index in [1.807, 2.05) is 0 Å². The smallest absolute Gasteiger partial charge is 0.237 e. The number of amides is 1. The lowest BCUT2D eigenvalue weighted by Gasteiger charge is -2.32. The molecule has 4 heteroatoms. The predicted octanol–water partition coefficient (Wildman–Crippen LogP) is 1.52. The number of hydrogen-bond acceptors (Lipinski definition) is 3. The Labute approximate surface area is 126 Å². The van der Waals surface area contributed by atoms with Gasteiger partial charge in [0, 0.05) is 25.7 Å². The molecule has 0 spiro atoms. The molecule has 0 bridgehead atoms. The van der Waals surface area contributed by atoms with Gasteiger partial charge in [0.2, 0.25) is 5.91 Å². The minimum atomic E-state index is 0.0485. The maximum absolute atomic E-state index is 12.1. The average Bonchev–Trinajstić information content (AvgIpc) is 3.05. The van der Waals surface area contributed by atoms with Crippen molar-refractivity contribution < 1.29 is 4.79 Å². The first-order chi connectivity index (χ1) is 10.3. The van der Waals surface area contributed by atoms with Crippen molar-refractivity contribution in [2.75, 3.05) is 19.6 Å². The molecule has 2 aliphatic rings. The molecule has 2 heterocycles. The molecule has 2 N–H and O–H groups in total. The van der Waals surface area contributed by atoms with Crippen molar-refractivity contribution in [1.82, 2.24) is 15.5 Å². The Bertz CT molecular complexity index is 448. The normalized spacial score (nSPS) is 24.1. The number of carbonyl (C=O) groups is 1. The Hall–Kier alpha value is -1.39. The van der Waals surface area contributed by atoms with Gasteiger partial charge in [-0.15, -0.1) is 0 Å². The molecule has 3 rings (SSSR count). The van der Waals surface area contributed by atoms with Crippen molar-refractivity contribution in [2.24, 2.45) is 0 Å². The molecular weight excluding hydrogens is 262 g/mol. The topological polar surface area (TPSA) is 44.4 Å². The average molecular weight is 287 g/mol. The van der Waals surface area contributed by atoms with Gasteiger partial charge in [-0.2, -0.15) is 0 Å². The molecule has 0 aromatic heterocycles. The Balaban J connectivity index is 1.41. The van der Waals surface area contributed by atoms with Crippen LogP contribution in [0.1, 0.15) is 31.2 Å². The summed E-state index contributed by atoms with van der Waals surface area (Å²) in [6.07, 6.45) is 4.23. The molecular formula is C17H25N3O. The molecule has 2 aliphatic heterocycles. The van der Waals surface area contributed by atoms with Crippen molar-refractivity contribution in [1.29, 1.82) is 0 Å². The standard InChI is InChI=1S/C17H25N3O/c21-17(16-7-4-10-18-16)19-15-8-11-20(12-9-15)13-14-5-2-1-3-6-14/h1-3,5-6,15-16,18H,4,7-13H2,(H,19,21)/t16-/m1/s1. The summed E-state index contributed by atoms with van der Waals surface area (Å²) in [7, 11) is 0. The summed E-state index contributed by atoms with van der Waals surface area (Å²) in [6, 6.07) is 11.0. The Morgan fingerprint density at radius 1 is 1.19 bits per heavy atom. The van der Waals surface area contributed by atoms with E-state index in [9.17, 15) is 4.79 Å². The predicted molar refractivity (Wildman–Crippen MR) is 83.9 cm³/mol. The zero-order valence-corrected chi connectivity index (χ0v) is 12.6. The van der Waals surface area contributed by atoms with Crippen LogP contribution in [-0.2, 0) is 11.3 Å². The van der Waals surface area contributed by atoms with Crippen LogP contribution < -0.4 is 10.6 Å². The third-order valence-electron chi connectivity index (χ3n) is 4.56. The summed E-state index contributed by atoms with van der Waals surface area (Å²) in [5.41, 5.74) is 1.37. The number of likely N-dealkylation sites (tertiary alicyclic amines) is 1. The van der Waals surface area contributed by atoms with E-state index in [4.69, 9.17) is 0 Å². The number of piperidine rings is 1. The summed E-state index contributed by atoms with van der Waals surface area (Å²) < 4.78 is 0. The summed E-state index contributed by atoms with van der Waals surface area (Å²) in [5, 5.41) is 6.48. The first-order valence-electron chi connectivity index (χ1n) is 8.11. The highest BCUT2D eigenvalue weighted by Crippen LogP contribution is 2.14. The SMILES string of the molecule is O=C(NC1CCN(Cc2ccccc2)CC1)[C@H]1CCCN1. The van der Waals surface area contributed by atoms with E-state index in [2.05, 4.69) is 45.9 Å². The summed E-state index contributed by atoms with van der Waals surface area (Å²) >= 11 is 0. The molecule has 2 saturated heterocycles. The van der Waals surface area contributed by atoms with Crippen molar-refractivity contribution in [3.63, 3.8) is 0 Å². The van der Waals surface area contributed by atoms with Crippen LogP contribution in [0.2, 0.25) is 0 Å². The first kappa shape index (κ1) is 14.5. The van der Waals surface area contributed by atoms with E-state index in [1.165, 1.54) is 5.56 Å². The third-order valence-corrected chi connectivity index (χ3v) is 4.56. The minimum Gasteiger partial charge on any atom is -0.352 e. The number of hydrogen-bond donors (Lipinski definition) is 2. The second-order valence-electron chi connectivity index (χ2n) is 6.19. The molecule has 1 atom stereocenters. The Kier molecular flexibility index (Phi) is 4.88. The molecule has 0 radical (unpaired) electrons. The van der Waals surface area contributed by atoms with Gasteiger partial charge in [0.1, 0.15) is 0 Å². The fourth-order valence-electron chi connectivity index (χ4n) is 3.29. The van der Waals surface area contributed by atoms with E-state index in [0.717, 1.165) is 51.9 Å². The zero-order valence-electron chi connectivity index (χ0n) is 12.6. The largest absolute Gasteiger partial charge is 0.352 e. The van der Waals surface area contributed by atoms with Crippen LogP contribution in [0.3, 0.4) is 0 Å². The Morgan fingerprint density at radius 2 is 1.95 bits per heavy atom. The van der Waals surface area contributed by atoms with Gasteiger partial charge in [-0.3, -0.25) is 9.69 Å². The molecule has 1 aromatic rings. The lowest BCUT2D eigenvalue weighted by molar-refractivity contribution is -0.123. The molecule has 4 nitrogen and oxygen atoms in total. The van der Waals surface area contributed by atoms with E-state index in [0.29, 0.717) is 6.04 Å². The van der Waals surface area contributed by atoms with E-state index in [1.54, 1.807) is 0 Å². The van der Waals surface area contributed by atoms with Crippen LogP contribution in [0.25, 0.3) is 0 Å². The summed E-state index contributed by atoms with van der Waals surface area (Å²) in [5.74, 6) is 0.203. The van der Waals surface area contributed by atoms with E-state index < -0.39 is 0 Å². The van der Waals surface area contributed by atoms with Crippen LogP contribution in [0, 0.1) is 0 Å². The molecule has 0 saturated carbocycles. The first-order valence-corrected chi connectivity index (χ1v) is 8.11. The van der Waals surface area contributed by atoms with Gasteiger partial charge < -0.3 is 10.6 Å². The number of nitrogens with zero attached hydrogens (tertiary/aromatic N) is 1.